The van der Waals surface area contributed by atoms with Gasteiger partial charge in [0.2, 0.25) is 5.91 Å². The molecular formula is C15H22N2O2S2. The Balaban J connectivity index is 1.89. The molecule has 0 bridgehead atoms. The first-order valence-electron chi connectivity index (χ1n) is 7.48. The number of nitrogens with zero attached hydrogens (tertiary/aromatic N) is 1. The average Bonchev–Trinajstić information content (AvgIpc) is 3.16. The molecule has 0 aromatic carbocycles. The average molecular weight is 326 g/mol. The van der Waals surface area contributed by atoms with Crippen LogP contribution in [0.1, 0.15) is 43.6 Å². The summed E-state index contributed by atoms with van der Waals surface area (Å²) in [6, 6.07) is 4.09. The van der Waals surface area contributed by atoms with Crippen molar-refractivity contribution < 1.29 is 9.00 Å². The number of hydrogen-bond acceptors (Lipinski definition) is 4. The number of carbonyl (C=O) groups is 1. The summed E-state index contributed by atoms with van der Waals surface area (Å²) in [6.07, 6.45) is 5.73. The SMILES string of the molecule is CC(CN1C(=O)C2(CCCC2)NC1c1cccs1)S(C)=O. The minimum absolute atomic E-state index is 0.00485. The lowest BCUT2D eigenvalue weighted by Crippen LogP contribution is -2.44. The highest BCUT2D eigenvalue weighted by atomic mass is 32.2. The van der Waals surface area contributed by atoms with E-state index in [2.05, 4.69) is 11.4 Å². The zero-order valence-corrected chi connectivity index (χ0v) is 14.1. The number of amides is 1. The third-order valence-corrected chi connectivity index (χ3v) is 6.89. The first kappa shape index (κ1) is 15.2. The van der Waals surface area contributed by atoms with Gasteiger partial charge in [0.25, 0.3) is 0 Å². The van der Waals surface area contributed by atoms with Gasteiger partial charge in [-0.05, 0) is 31.2 Å². The van der Waals surface area contributed by atoms with Crippen molar-refractivity contribution in [3.05, 3.63) is 22.4 Å². The highest BCUT2D eigenvalue weighted by Crippen LogP contribution is 2.41. The normalized spacial score (nSPS) is 27.4. The predicted molar refractivity (Wildman–Crippen MR) is 86.6 cm³/mol. The second-order valence-electron chi connectivity index (χ2n) is 6.12. The molecule has 21 heavy (non-hydrogen) atoms. The lowest BCUT2D eigenvalue weighted by molar-refractivity contribution is -0.133. The van der Waals surface area contributed by atoms with E-state index >= 15 is 0 Å². The van der Waals surface area contributed by atoms with Crippen LogP contribution in [0.15, 0.2) is 17.5 Å². The summed E-state index contributed by atoms with van der Waals surface area (Å²) in [4.78, 5) is 16.1. The molecule has 0 radical (unpaired) electrons. The van der Waals surface area contributed by atoms with Gasteiger partial charge in [-0.1, -0.05) is 18.9 Å². The van der Waals surface area contributed by atoms with Gasteiger partial charge in [-0.15, -0.1) is 11.3 Å². The summed E-state index contributed by atoms with van der Waals surface area (Å²) in [6.45, 7) is 2.51. The Morgan fingerprint density at radius 3 is 2.81 bits per heavy atom. The van der Waals surface area contributed by atoms with Gasteiger partial charge < -0.3 is 4.90 Å². The van der Waals surface area contributed by atoms with Gasteiger partial charge in [0.05, 0.1) is 5.54 Å². The van der Waals surface area contributed by atoms with Crippen LogP contribution in [0.4, 0.5) is 0 Å². The van der Waals surface area contributed by atoms with Gasteiger partial charge in [0.15, 0.2) is 0 Å². The van der Waals surface area contributed by atoms with Gasteiger partial charge in [-0.3, -0.25) is 14.3 Å². The van der Waals surface area contributed by atoms with Crippen LogP contribution >= 0.6 is 11.3 Å². The van der Waals surface area contributed by atoms with Crippen molar-refractivity contribution in [3.8, 4) is 0 Å². The van der Waals surface area contributed by atoms with Crippen molar-refractivity contribution in [1.29, 1.82) is 0 Å². The summed E-state index contributed by atoms with van der Waals surface area (Å²) < 4.78 is 11.7. The van der Waals surface area contributed by atoms with Crippen molar-refractivity contribution >= 4 is 28.0 Å². The van der Waals surface area contributed by atoms with Crippen molar-refractivity contribution in [2.24, 2.45) is 0 Å². The first-order valence-corrected chi connectivity index (χ1v) is 9.98. The molecule has 2 fully saturated rings. The van der Waals surface area contributed by atoms with E-state index in [-0.39, 0.29) is 22.9 Å². The molecule has 2 heterocycles. The molecule has 3 unspecified atom stereocenters. The molecule has 1 aromatic rings. The maximum absolute atomic E-state index is 13.0. The van der Waals surface area contributed by atoms with Crippen LogP contribution in [-0.4, -0.2) is 38.6 Å². The third kappa shape index (κ3) is 2.69. The molecule has 3 rings (SSSR count). The Morgan fingerprint density at radius 2 is 2.24 bits per heavy atom. The second-order valence-corrected chi connectivity index (χ2v) is 8.90. The summed E-state index contributed by atoms with van der Waals surface area (Å²) >= 11 is 1.67. The quantitative estimate of drug-likeness (QED) is 0.923. The van der Waals surface area contributed by atoms with Crippen LogP contribution in [0.2, 0.25) is 0 Å². The third-order valence-electron chi connectivity index (χ3n) is 4.69. The van der Waals surface area contributed by atoms with Gasteiger partial charge >= 0.3 is 0 Å². The molecule has 1 aliphatic carbocycles. The van der Waals surface area contributed by atoms with Gasteiger partial charge in [0.1, 0.15) is 6.17 Å². The fraction of sp³-hybridized carbons (Fsp3) is 0.667. The molecule has 3 atom stereocenters. The molecule has 116 valence electrons. The van der Waals surface area contributed by atoms with Crippen molar-refractivity contribution in [2.45, 2.75) is 49.6 Å². The van der Waals surface area contributed by atoms with Crippen LogP contribution in [-0.2, 0) is 15.6 Å². The van der Waals surface area contributed by atoms with E-state index in [0.717, 1.165) is 25.7 Å². The Hall–Kier alpha value is -0.720. The summed E-state index contributed by atoms with van der Waals surface area (Å²) in [7, 11) is -0.914. The Morgan fingerprint density at radius 1 is 1.52 bits per heavy atom. The summed E-state index contributed by atoms with van der Waals surface area (Å²) in [5, 5.41) is 5.64. The van der Waals surface area contributed by atoms with E-state index in [1.807, 2.05) is 23.3 Å². The van der Waals surface area contributed by atoms with E-state index in [0.29, 0.717) is 6.54 Å². The Kier molecular flexibility index (Phi) is 4.21. The van der Waals surface area contributed by atoms with Crippen molar-refractivity contribution in [1.82, 2.24) is 10.2 Å². The Labute approximate surface area is 132 Å². The number of thiophene rings is 1. The minimum atomic E-state index is -0.914. The van der Waals surface area contributed by atoms with Crippen molar-refractivity contribution in [2.75, 3.05) is 12.8 Å². The maximum atomic E-state index is 13.0. The largest absolute Gasteiger partial charge is 0.319 e. The van der Waals surface area contributed by atoms with E-state index in [4.69, 9.17) is 0 Å². The smallest absolute Gasteiger partial charge is 0.244 e. The van der Waals surface area contributed by atoms with Gasteiger partial charge in [0, 0.05) is 33.7 Å². The second kappa shape index (κ2) is 5.82. The molecule has 1 aromatic heterocycles. The fourth-order valence-electron chi connectivity index (χ4n) is 3.37. The van der Waals surface area contributed by atoms with Crippen LogP contribution < -0.4 is 5.32 Å². The zero-order valence-electron chi connectivity index (χ0n) is 12.5. The standard InChI is InChI=1S/C15H22N2O2S2/c1-11(21(2)19)10-17-13(12-6-5-9-20-12)16-15(14(17)18)7-3-4-8-15/h5-6,9,11,13,16H,3-4,7-8,10H2,1-2H3. The highest BCUT2D eigenvalue weighted by molar-refractivity contribution is 7.84. The highest BCUT2D eigenvalue weighted by Gasteiger charge is 2.53. The summed E-state index contributed by atoms with van der Waals surface area (Å²) in [5.41, 5.74) is -0.371. The van der Waals surface area contributed by atoms with Gasteiger partial charge in [-0.25, -0.2) is 0 Å². The molecule has 1 saturated carbocycles. The molecule has 1 N–H and O–H groups in total. The number of carbonyl (C=O) groups excluding carboxylic acids is 1. The first-order chi connectivity index (χ1) is 10.0. The van der Waals surface area contributed by atoms with E-state index < -0.39 is 10.8 Å². The minimum Gasteiger partial charge on any atom is -0.319 e. The summed E-state index contributed by atoms with van der Waals surface area (Å²) in [5.74, 6) is 0.204. The molecule has 1 saturated heterocycles. The topological polar surface area (TPSA) is 49.4 Å². The number of hydrogen-bond donors (Lipinski definition) is 1. The molecule has 1 spiro atoms. The fourth-order valence-corrected chi connectivity index (χ4v) is 4.53. The number of nitrogens with one attached hydrogen (secondary N) is 1. The van der Waals surface area contributed by atoms with Gasteiger partial charge in [-0.2, -0.15) is 0 Å². The molecule has 2 aliphatic rings. The predicted octanol–water partition coefficient (Wildman–Crippen LogP) is 2.26. The number of rotatable bonds is 4. The van der Waals surface area contributed by atoms with Crippen LogP contribution in [0.25, 0.3) is 0 Å². The zero-order chi connectivity index (χ0) is 15.0. The molecule has 1 aliphatic heterocycles. The molecule has 4 nitrogen and oxygen atoms in total. The maximum Gasteiger partial charge on any atom is 0.244 e. The lowest BCUT2D eigenvalue weighted by atomic mass is 9.98. The van der Waals surface area contributed by atoms with E-state index in [9.17, 15) is 9.00 Å². The van der Waals surface area contributed by atoms with Crippen LogP contribution in [0.5, 0.6) is 0 Å². The van der Waals surface area contributed by atoms with Crippen LogP contribution in [0.3, 0.4) is 0 Å². The molecular weight excluding hydrogens is 304 g/mol. The molecule has 6 heteroatoms. The monoisotopic (exact) mass is 326 g/mol. The molecule has 1 amide bonds. The van der Waals surface area contributed by atoms with Crippen LogP contribution in [0, 0.1) is 0 Å². The van der Waals surface area contributed by atoms with E-state index in [1.54, 1.807) is 17.6 Å². The Bertz CT molecular complexity index is 538. The lowest BCUT2D eigenvalue weighted by Gasteiger charge is -2.25. The van der Waals surface area contributed by atoms with E-state index in [1.165, 1.54) is 4.88 Å². The van der Waals surface area contributed by atoms with Crippen molar-refractivity contribution in [3.63, 3.8) is 0 Å².